The molecule has 0 amide bonds. The molecule has 0 saturated heterocycles. The Morgan fingerprint density at radius 1 is 1.28 bits per heavy atom. The van der Waals surface area contributed by atoms with E-state index in [-0.39, 0.29) is 17.7 Å². The molecular formula is C12H18F2O2SSi. The van der Waals surface area contributed by atoms with Crippen LogP contribution in [-0.2, 0) is 4.74 Å². The van der Waals surface area contributed by atoms with Gasteiger partial charge < -0.3 is 9.47 Å². The van der Waals surface area contributed by atoms with E-state index in [4.69, 9.17) is 9.47 Å². The van der Waals surface area contributed by atoms with E-state index in [0.29, 0.717) is 4.90 Å². The maximum atomic E-state index is 14.4. The zero-order valence-corrected chi connectivity index (χ0v) is 13.1. The summed E-state index contributed by atoms with van der Waals surface area (Å²) in [5.74, 6) is -0.987. The zero-order chi connectivity index (χ0) is 13.9. The molecule has 1 rings (SSSR count). The highest BCUT2D eigenvalue weighted by Crippen LogP contribution is 2.31. The van der Waals surface area contributed by atoms with Crippen molar-refractivity contribution in [2.24, 2.45) is 0 Å². The fraction of sp³-hybridized carbons (Fsp3) is 0.500. The molecule has 0 bridgehead atoms. The molecule has 6 heteroatoms. The summed E-state index contributed by atoms with van der Waals surface area (Å²) in [7, 11) is -0.651. The van der Waals surface area contributed by atoms with E-state index in [1.807, 2.05) is 19.6 Å². The van der Waals surface area contributed by atoms with Crippen LogP contribution in [0.25, 0.3) is 0 Å². The molecule has 2 nitrogen and oxygen atoms in total. The van der Waals surface area contributed by atoms with Crippen LogP contribution in [0, 0.1) is 11.6 Å². The molecule has 102 valence electrons. The molecular weight excluding hydrogens is 274 g/mol. The Balaban J connectivity index is 3.39. The first-order valence-electron chi connectivity index (χ1n) is 5.51. The van der Waals surface area contributed by atoms with E-state index in [9.17, 15) is 8.78 Å². The van der Waals surface area contributed by atoms with Crippen molar-refractivity contribution >= 4 is 25.0 Å². The van der Waals surface area contributed by atoms with Gasteiger partial charge in [0, 0.05) is 12.3 Å². The van der Waals surface area contributed by atoms with Gasteiger partial charge in [-0.2, -0.15) is 0 Å². The molecule has 0 radical (unpaired) electrons. The molecule has 18 heavy (non-hydrogen) atoms. The largest absolute Gasteiger partial charge is 0.463 e. The van der Waals surface area contributed by atoms with Gasteiger partial charge in [-0.05, 0) is 12.3 Å². The predicted octanol–water partition coefficient (Wildman–Crippen LogP) is 3.21. The van der Waals surface area contributed by atoms with Gasteiger partial charge in [0.25, 0.3) is 0 Å². The van der Waals surface area contributed by atoms with E-state index in [0.717, 1.165) is 0 Å². The minimum Gasteiger partial charge on any atom is -0.463 e. The Bertz CT molecular complexity index is 433. The Morgan fingerprint density at radius 3 is 2.33 bits per heavy atom. The first-order valence-corrected chi connectivity index (χ1v) is 10.2. The maximum absolute atomic E-state index is 14.4. The van der Waals surface area contributed by atoms with Crippen molar-refractivity contribution in [2.45, 2.75) is 24.5 Å². The zero-order valence-electron chi connectivity index (χ0n) is 11.3. The third-order valence-corrected chi connectivity index (χ3v) is 5.13. The number of benzene rings is 1. The summed E-state index contributed by atoms with van der Waals surface area (Å²) in [5, 5.41) is 0.173. The number of hydrogen-bond acceptors (Lipinski definition) is 3. The van der Waals surface area contributed by atoms with Gasteiger partial charge in [0.15, 0.2) is 18.4 Å². The Labute approximate surface area is 112 Å². The van der Waals surface area contributed by atoms with Crippen LogP contribution in [0.2, 0.25) is 19.6 Å². The van der Waals surface area contributed by atoms with Crippen molar-refractivity contribution in [3.8, 4) is 5.75 Å². The van der Waals surface area contributed by atoms with Gasteiger partial charge in [0.05, 0.1) is 13.0 Å². The van der Waals surface area contributed by atoms with E-state index in [2.05, 4.69) is 0 Å². The highest BCUT2D eigenvalue weighted by Gasteiger charge is 2.29. The van der Waals surface area contributed by atoms with Crippen LogP contribution >= 0.6 is 11.8 Å². The average Bonchev–Trinajstić information content (AvgIpc) is 2.25. The number of hydrogen-bond donors (Lipinski definition) is 0. The molecule has 0 aliphatic heterocycles. The van der Waals surface area contributed by atoms with Crippen molar-refractivity contribution in [2.75, 3.05) is 20.2 Å². The standard InChI is InChI=1S/C12H18F2O2SSi/c1-15-7-16-11-9(17-2)6-8(13)12(10(11)14)18(3,4)5/h6H,7H2,1-5H3. The van der Waals surface area contributed by atoms with E-state index < -0.39 is 19.7 Å². The summed E-state index contributed by atoms with van der Waals surface area (Å²) in [6.45, 7) is 5.63. The summed E-state index contributed by atoms with van der Waals surface area (Å²) < 4.78 is 38.4. The fourth-order valence-electron chi connectivity index (χ4n) is 1.67. The first-order chi connectivity index (χ1) is 8.32. The lowest BCUT2D eigenvalue weighted by Gasteiger charge is -2.21. The lowest BCUT2D eigenvalue weighted by atomic mass is 10.3. The number of ether oxygens (including phenoxy) is 2. The van der Waals surface area contributed by atoms with Crippen LogP contribution in [0.5, 0.6) is 5.75 Å². The van der Waals surface area contributed by atoms with Crippen LogP contribution < -0.4 is 9.92 Å². The topological polar surface area (TPSA) is 18.5 Å². The highest BCUT2D eigenvalue weighted by atomic mass is 32.2. The van der Waals surface area contributed by atoms with Crippen molar-refractivity contribution in [3.05, 3.63) is 17.7 Å². The van der Waals surface area contributed by atoms with Gasteiger partial charge in [0.2, 0.25) is 0 Å². The van der Waals surface area contributed by atoms with Crippen LogP contribution in [-0.4, -0.2) is 28.2 Å². The molecule has 0 aliphatic rings. The van der Waals surface area contributed by atoms with E-state index in [1.54, 1.807) is 6.26 Å². The Hall–Kier alpha value is -0.593. The minimum absolute atomic E-state index is 0.0543. The van der Waals surface area contributed by atoms with Gasteiger partial charge in [-0.3, -0.25) is 0 Å². The summed E-state index contributed by atoms with van der Waals surface area (Å²) >= 11 is 1.25. The number of halogens is 2. The quantitative estimate of drug-likeness (QED) is 0.472. The van der Waals surface area contributed by atoms with Gasteiger partial charge in [-0.15, -0.1) is 11.8 Å². The second-order valence-electron chi connectivity index (χ2n) is 4.88. The third kappa shape index (κ3) is 3.24. The second-order valence-corrected chi connectivity index (χ2v) is 10.7. The lowest BCUT2D eigenvalue weighted by Crippen LogP contribution is -2.42. The Morgan fingerprint density at radius 2 is 1.89 bits per heavy atom. The summed E-state index contributed by atoms with van der Waals surface area (Å²) in [5.41, 5.74) is 0. The predicted molar refractivity (Wildman–Crippen MR) is 73.6 cm³/mol. The fourth-order valence-corrected chi connectivity index (χ4v) is 3.79. The maximum Gasteiger partial charge on any atom is 0.188 e. The van der Waals surface area contributed by atoms with Crippen LogP contribution in [0.4, 0.5) is 8.78 Å². The summed E-state index contributed by atoms with van der Waals surface area (Å²) in [6.07, 6.45) is 1.75. The number of methoxy groups -OCH3 is 1. The van der Waals surface area contributed by atoms with E-state index in [1.165, 1.54) is 24.9 Å². The van der Waals surface area contributed by atoms with Crippen molar-refractivity contribution in [1.82, 2.24) is 0 Å². The molecule has 0 heterocycles. The van der Waals surface area contributed by atoms with Crippen molar-refractivity contribution in [1.29, 1.82) is 0 Å². The van der Waals surface area contributed by atoms with Gasteiger partial charge in [-0.1, -0.05) is 19.6 Å². The normalized spacial score (nSPS) is 11.7. The first kappa shape index (κ1) is 15.5. The molecule has 0 N–H and O–H groups in total. The third-order valence-electron chi connectivity index (χ3n) is 2.43. The lowest BCUT2D eigenvalue weighted by molar-refractivity contribution is 0.0462. The van der Waals surface area contributed by atoms with Crippen LogP contribution in [0.3, 0.4) is 0 Å². The molecule has 0 unspecified atom stereocenters. The van der Waals surface area contributed by atoms with Crippen LogP contribution in [0.1, 0.15) is 0 Å². The molecule has 0 saturated carbocycles. The summed E-state index contributed by atoms with van der Waals surface area (Å²) in [4.78, 5) is 0.448. The SMILES string of the molecule is COCOc1c(SC)cc(F)c([Si](C)(C)C)c1F. The monoisotopic (exact) mass is 292 g/mol. The highest BCUT2D eigenvalue weighted by molar-refractivity contribution is 7.98. The Kier molecular flexibility index (Phi) is 5.18. The molecule has 1 aromatic rings. The molecule has 0 fully saturated rings. The molecule has 0 atom stereocenters. The smallest absolute Gasteiger partial charge is 0.188 e. The molecule has 0 aliphatic carbocycles. The average molecular weight is 292 g/mol. The van der Waals surface area contributed by atoms with Crippen molar-refractivity contribution in [3.63, 3.8) is 0 Å². The van der Waals surface area contributed by atoms with Crippen molar-refractivity contribution < 1.29 is 18.3 Å². The van der Waals surface area contributed by atoms with Gasteiger partial charge in [-0.25, -0.2) is 8.78 Å². The second kappa shape index (κ2) is 6.03. The number of rotatable bonds is 5. The number of thioether (sulfide) groups is 1. The molecule has 0 aromatic heterocycles. The van der Waals surface area contributed by atoms with E-state index >= 15 is 0 Å². The van der Waals surface area contributed by atoms with Gasteiger partial charge >= 0.3 is 0 Å². The van der Waals surface area contributed by atoms with Crippen LogP contribution in [0.15, 0.2) is 11.0 Å². The molecule has 0 spiro atoms. The molecule has 1 aromatic carbocycles. The summed E-state index contributed by atoms with van der Waals surface area (Å²) in [6, 6.07) is 1.34. The van der Waals surface area contributed by atoms with Gasteiger partial charge in [0.1, 0.15) is 5.82 Å². The minimum atomic E-state index is -2.11.